The van der Waals surface area contributed by atoms with Crippen LogP contribution in [0.15, 0.2) is 30.3 Å². The van der Waals surface area contributed by atoms with E-state index >= 15 is 0 Å². The minimum absolute atomic E-state index is 0.392. The van der Waals surface area contributed by atoms with Crippen LogP contribution in [0.5, 0.6) is 0 Å². The first-order valence-corrected chi connectivity index (χ1v) is 7.54. The van der Waals surface area contributed by atoms with E-state index in [2.05, 4.69) is 62.2 Å². The predicted octanol–water partition coefficient (Wildman–Crippen LogP) is 2.65. The van der Waals surface area contributed by atoms with Crippen LogP contribution in [0.3, 0.4) is 0 Å². The summed E-state index contributed by atoms with van der Waals surface area (Å²) < 4.78 is 0. The number of benzene rings is 1. The second-order valence-electron chi connectivity index (χ2n) is 6.52. The van der Waals surface area contributed by atoms with Crippen molar-refractivity contribution in [3.63, 3.8) is 0 Å². The second-order valence-corrected chi connectivity index (χ2v) is 6.52. The Kier molecular flexibility index (Phi) is 6.66. The molecule has 1 aromatic carbocycles. The number of hydrogen-bond acceptors (Lipinski definition) is 3. The fourth-order valence-corrected chi connectivity index (χ4v) is 2.16. The normalized spacial score (nSPS) is 15.1. The highest BCUT2D eigenvalue weighted by Gasteiger charge is 2.25. The molecule has 0 aliphatic carbocycles. The first-order chi connectivity index (χ1) is 9.30. The highest BCUT2D eigenvalue weighted by Crippen LogP contribution is 2.13. The van der Waals surface area contributed by atoms with E-state index in [0.717, 1.165) is 6.54 Å². The fraction of sp³-hybridized carbons (Fsp3) is 0.647. The molecule has 1 aromatic rings. The number of rotatable bonds is 8. The summed E-state index contributed by atoms with van der Waals surface area (Å²) in [7, 11) is 0. The minimum Gasteiger partial charge on any atom is -0.388 e. The molecule has 20 heavy (non-hydrogen) atoms. The lowest BCUT2D eigenvalue weighted by Gasteiger charge is -2.35. The van der Waals surface area contributed by atoms with Gasteiger partial charge in [0.1, 0.15) is 0 Å². The van der Waals surface area contributed by atoms with Crippen molar-refractivity contribution in [1.29, 1.82) is 0 Å². The highest BCUT2D eigenvalue weighted by atomic mass is 16.3. The third-order valence-electron chi connectivity index (χ3n) is 3.39. The van der Waals surface area contributed by atoms with Gasteiger partial charge in [0.2, 0.25) is 0 Å². The van der Waals surface area contributed by atoms with Gasteiger partial charge < -0.3 is 10.4 Å². The van der Waals surface area contributed by atoms with Gasteiger partial charge in [0.25, 0.3) is 0 Å². The molecule has 0 saturated heterocycles. The Hall–Kier alpha value is -0.900. The molecule has 0 aliphatic heterocycles. The van der Waals surface area contributed by atoms with Crippen LogP contribution in [-0.4, -0.2) is 40.8 Å². The predicted molar refractivity (Wildman–Crippen MR) is 85.8 cm³/mol. The molecule has 0 aromatic heterocycles. The SMILES string of the molecule is CC(C)NCC(C)(O)CN(Cc1ccccc1)C(C)C. The Balaban J connectivity index is 2.62. The lowest BCUT2D eigenvalue weighted by atomic mass is 10.0. The van der Waals surface area contributed by atoms with E-state index in [9.17, 15) is 5.11 Å². The summed E-state index contributed by atoms with van der Waals surface area (Å²) in [4.78, 5) is 2.32. The molecule has 3 heteroatoms. The van der Waals surface area contributed by atoms with E-state index < -0.39 is 5.60 Å². The van der Waals surface area contributed by atoms with Crippen LogP contribution in [-0.2, 0) is 6.54 Å². The smallest absolute Gasteiger partial charge is 0.0870 e. The maximum absolute atomic E-state index is 10.6. The summed E-state index contributed by atoms with van der Waals surface area (Å²) in [5, 5.41) is 13.9. The van der Waals surface area contributed by atoms with Crippen molar-refractivity contribution in [2.45, 2.75) is 58.8 Å². The van der Waals surface area contributed by atoms with E-state index in [1.807, 2.05) is 13.0 Å². The van der Waals surface area contributed by atoms with Gasteiger partial charge in [-0.25, -0.2) is 0 Å². The van der Waals surface area contributed by atoms with Crippen LogP contribution in [0.2, 0.25) is 0 Å². The van der Waals surface area contributed by atoms with Crippen molar-refractivity contribution in [2.24, 2.45) is 0 Å². The lowest BCUT2D eigenvalue weighted by molar-refractivity contribution is 0.00660. The van der Waals surface area contributed by atoms with Gasteiger partial charge in [-0.05, 0) is 26.3 Å². The standard InChI is InChI=1S/C17H30N2O/c1-14(2)18-12-17(5,20)13-19(15(3)4)11-16-9-7-6-8-10-16/h6-10,14-15,18,20H,11-13H2,1-5H3. The summed E-state index contributed by atoms with van der Waals surface area (Å²) in [6.45, 7) is 12.6. The van der Waals surface area contributed by atoms with Crippen LogP contribution in [0.1, 0.15) is 40.2 Å². The van der Waals surface area contributed by atoms with E-state index in [-0.39, 0.29) is 0 Å². The molecule has 0 saturated carbocycles. The van der Waals surface area contributed by atoms with Crippen LogP contribution < -0.4 is 5.32 Å². The molecule has 0 fully saturated rings. The molecule has 3 nitrogen and oxygen atoms in total. The van der Waals surface area contributed by atoms with Gasteiger partial charge in [-0.3, -0.25) is 4.90 Å². The first-order valence-electron chi connectivity index (χ1n) is 7.54. The average molecular weight is 278 g/mol. The molecule has 0 aliphatic rings. The molecular formula is C17H30N2O. The van der Waals surface area contributed by atoms with Crippen molar-refractivity contribution in [3.8, 4) is 0 Å². The Labute approximate surface area is 124 Å². The van der Waals surface area contributed by atoms with Gasteiger partial charge in [0.05, 0.1) is 5.60 Å². The third kappa shape index (κ3) is 6.51. The molecule has 1 rings (SSSR count). The van der Waals surface area contributed by atoms with Gasteiger partial charge in [0, 0.05) is 31.7 Å². The summed E-state index contributed by atoms with van der Waals surface area (Å²) in [6.07, 6.45) is 0. The zero-order valence-corrected chi connectivity index (χ0v) is 13.6. The number of hydrogen-bond donors (Lipinski definition) is 2. The summed E-state index contributed by atoms with van der Waals surface area (Å²) in [5.74, 6) is 0. The molecule has 0 bridgehead atoms. The fourth-order valence-electron chi connectivity index (χ4n) is 2.16. The largest absolute Gasteiger partial charge is 0.388 e. The average Bonchev–Trinajstić information content (AvgIpc) is 2.37. The minimum atomic E-state index is -0.719. The van der Waals surface area contributed by atoms with Crippen molar-refractivity contribution < 1.29 is 5.11 Å². The Morgan fingerprint density at radius 2 is 1.75 bits per heavy atom. The van der Waals surface area contributed by atoms with Crippen molar-refractivity contribution in [1.82, 2.24) is 10.2 Å². The van der Waals surface area contributed by atoms with E-state index in [1.165, 1.54) is 5.56 Å². The first kappa shape index (κ1) is 17.2. The monoisotopic (exact) mass is 278 g/mol. The van der Waals surface area contributed by atoms with Gasteiger partial charge in [0.15, 0.2) is 0 Å². The summed E-state index contributed by atoms with van der Waals surface area (Å²) in [5.41, 5.74) is 0.567. The van der Waals surface area contributed by atoms with Crippen molar-refractivity contribution in [3.05, 3.63) is 35.9 Å². The molecule has 1 atom stereocenters. The topological polar surface area (TPSA) is 35.5 Å². The van der Waals surface area contributed by atoms with E-state index in [0.29, 0.717) is 25.2 Å². The van der Waals surface area contributed by atoms with Crippen LogP contribution in [0, 0.1) is 0 Å². The Morgan fingerprint density at radius 1 is 1.15 bits per heavy atom. The van der Waals surface area contributed by atoms with Crippen LogP contribution in [0.25, 0.3) is 0 Å². The molecule has 2 N–H and O–H groups in total. The van der Waals surface area contributed by atoms with Crippen LogP contribution >= 0.6 is 0 Å². The van der Waals surface area contributed by atoms with Crippen molar-refractivity contribution >= 4 is 0 Å². The quantitative estimate of drug-likeness (QED) is 0.767. The second kappa shape index (κ2) is 7.77. The van der Waals surface area contributed by atoms with Crippen molar-refractivity contribution in [2.75, 3.05) is 13.1 Å². The summed E-state index contributed by atoms with van der Waals surface area (Å²) >= 11 is 0. The Morgan fingerprint density at radius 3 is 2.25 bits per heavy atom. The van der Waals surface area contributed by atoms with Gasteiger partial charge in [-0.2, -0.15) is 0 Å². The van der Waals surface area contributed by atoms with Crippen LogP contribution in [0.4, 0.5) is 0 Å². The molecule has 1 unspecified atom stereocenters. The maximum atomic E-state index is 10.6. The van der Waals surface area contributed by atoms with Gasteiger partial charge in [-0.15, -0.1) is 0 Å². The Bertz CT molecular complexity index is 374. The zero-order chi connectivity index (χ0) is 15.2. The summed E-state index contributed by atoms with van der Waals surface area (Å²) in [6, 6.07) is 11.2. The molecule has 0 radical (unpaired) electrons. The van der Waals surface area contributed by atoms with E-state index in [4.69, 9.17) is 0 Å². The lowest BCUT2D eigenvalue weighted by Crippen LogP contribution is -2.50. The number of aliphatic hydroxyl groups is 1. The van der Waals surface area contributed by atoms with Gasteiger partial charge >= 0.3 is 0 Å². The maximum Gasteiger partial charge on any atom is 0.0870 e. The highest BCUT2D eigenvalue weighted by molar-refractivity contribution is 5.14. The van der Waals surface area contributed by atoms with Gasteiger partial charge in [-0.1, -0.05) is 44.2 Å². The molecule has 114 valence electrons. The van der Waals surface area contributed by atoms with E-state index in [1.54, 1.807) is 0 Å². The number of nitrogens with one attached hydrogen (secondary N) is 1. The molecule has 0 spiro atoms. The zero-order valence-electron chi connectivity index (χ0n) is 13.6. The molecular weight excluding hydrogens is 248 g/mol. The third-order valence-corrected chi connectivity index (χ3v) is 3.39. The molecule has 0 amide bonds. The molecule has 0 heterocycles. The number of nitrogens with zero attached hydrogens (tertiary/aromatic N) is 1.